The Morgan fingerprint density at radius 2 is 1.96 bits per heavy atom. The number of ether oxygens (including phenoxy) is 1. The lowest BCUT2D eigenvalue weighted by atomic mass is 10.1. The summed E-state index contributed by atoms with van der Waals surface area (Å²) in [6.07, 6.45) is -0.449. The van der Waals surface area contributed by atoms with Gasteiger partial charge >= 0.3 is 5.97 Å². The molecule has 0 aliphatic carbocycles. The molecule has 4 nitrogen and oxygen atoms in total. The molecule has 1 N–H and O–H groups in total. The van der Waals surface area contributed by atoms with Crippen molar-refractivity contribution in [1.29, 1.82) is 0 Å². The van der Waals surface area contributed by atoms with Gasteiger partial charge in [-0.15, -0.1) is 11.8 Å². The van der Waals surface area contributed by atoms with E-state index in [1.165, 1.54) is 11.8 Å². The average molecular weight is 362 g/mol. The Hall–Kier alpha value is -1.98. The normalized spacial score (nSPS) is 17.6. The van der Waals surface area contributed by atoms with E-state index in [0.29, 0.717) is 5.02 Å². The Morgan fingerprint density at radius 1 is 1.25 bits per heavy atom. The quantitative estimate of drug-likeness (QED) is 0.817. The zero-order chi connectivity index (χ0) is 17.1. The van der Waals surface area contributed by atoms with Crippen LogP contribution in [0.15, 0.2) is 53.4 Å². The lowest BCUT2D eigenvalue weighted by Gasteiger charge is -2.24. The van der Waals surface area contributed by atoms with Crippen LogP contribution in [0.3, 0.4) is 0 Å². The lowest BCUT2D eigenvalue weighted by molar-refractivity contribution is -0.149. The molecule has 1 amide bonds. The van der Waals surface area contributed by atoms with Gasteiger partial charge in [0, 0.05) is 15.5 Å². The van der Waals surface area contributed by atoms with E-state index in [9.17, 15) is 9.59 Å². The average Bonchev–Trinajstić information content (AvgIpc) is 2.55. The number of para-hydroxylation sites is 1. The number of hydrogen-bond acceptors (Lipinski definition) is 4. The van der Waals surface area contributed by atoms with Crippen LogP contribution in [-0.2, 0) is 14.3 Å². The maximum atomic E-state index is 12.2. The van der Waals surface area contributed by atoms with E-state index in [-0.39, 0.29) is 12.3 Å². The van der Waals surface area contributed by atoms with Crippen LogP contribution in [0.5, 0.6) is 0 Å². The molecular weight excluding hydrogens is 346 g/mol. The first kappa shape index (κ1) is 16.9. The summed E-state index contributed by atoms with van der Waals surface area (Å²) in [6, 6.07) is 14.8. The van der Waals surface area contributed by atoms with E-state index in [2.05, 4.69) is 5.32 Å². The summed E-state index contributed by atoms with van der Waals surface area (Å²) < 4.78 is 5.44. The number of thioether (sulfide) groups is 1. The molecule has 0 fully saturated rings. The molecule has 1 heterocycles. The minimum Gasteiger partial charge on any atom is -0.458 e. The van der Waals surface area contributed by atoms with Crippen molar-refractivity contribution in [3.05, 3.63) is 59.1 Å². The molecule has 124 valence electrons. The van der Waals surface area contributed by atoms with E-state index < -0.39 is 17.3 Å². The second-order valence-electron chi connectivity index (χ2n) is 5.45. The van der Waals surface area contributed by atoms with Gasteiger partial charge in [-0.1, -0.05) is 41.9 Å². The van der Waals surface area contributed by atoms with Crippen LogP contribution in [0.25, 0.3) is 0 Å². The molecule has 24 heavy (non-hydrogen) atoms. The number of rotatable bonds is 4. The van der Waals surface area contributed by atoms with Crippen LogP contribution in [0.1, 0.15) is 25.0 Å². The molecule has 0 bridgehead atoms. The Morgan fingerprint density at radius 3 is 2.75 bits per heavy atom. The summed E-state index contributed by atoms with van der Waals surface area (Å²) in [5.41, 5.74) is 1.53. The van der Waals surface area contributed by atoms with Crippen LogP contribution in [0.2, 0.25) is 5.02 Å². The highest BCUT2D eigenvalue weighted by atomic mass is 35.5. The molecule has 2 aromatic rings. The van der Waals surface area contributed by atoms with Gasteiger partial charge in [0.25, 0.3) is 0 Å². The highest BCUT2D eigenvalue weighted by Gasteiger charge is 2.30. The predicted octanol–water partition coefficient (Wildman–Crippen LogP) is 4.45. The van der Waals surface area contributed by atoms with Crippen molar-refractivity contribution in [2.45, 2.75) is 29.6 Å². The smallest absolute Gasteiger partial charge is 0.308 e. The zero-order valence-electron chi connectivity index (χ0n) is 13.0. The van der Waals surface area contributed by atoms with E-state index in [1.54, 1.807) is 13.0 Å². The van der Waals surface area contributed by atoms with Crippen molar-refractivity contribution >= 4 is 40.9 Å². The monoisotopic (exact) mass is 361 g/mol. The van der Waals surface area contributed by atoms with E-state index in [1.807, 2.05) is 42.5 Å². The van der Waals surface area contributed by atoms with Crippen LogP contribution in [-0.4, -0.2) is 17.1 Å². The molecule has 0 spiro atoms. The molecule has 0 saturated carbocycles. The van der Waals surface area contributed by atoms with Gasteiger partial charge in [0.15, 0.2) is 0 Å². The van der Waals surface area contributed by atoms with E-state index in [0.717, 1.165) is 16.1 Å². The second-order valence-corrected chi connectivity index (χ2v) is 7.10. The van der Waals surface area contributed by atoms with Crippen LogP contribution in [0, 0.1) is 0 Å². The Kier molecular flexibility index (Phi) is 5.11. The van der Waals surface area contributed by atoms with E-state index >= 15 is 0 Å². The summed E-state index contributed by atoms with van der Waals surface area (Å²) in [6.45, 7) is 1.77. The van der Waals surface area contributed by atoms with Gasteiger partial charge in [-0.2, -0.15) is 0 Å². The number of hydrogen-bond donors (Lipinski definition) is 1. The fourth-order valence-corrected chi connectivity index (χ4v) is 3.88. The Labute approximate surface area is 149 Å². The van der Waals surface area contributed by atoms with Crippen LogP contribution < -0.4 is 5.32 Å². The molecule has 6 heteroatoms. The molecule has 2 atom stereocenters. The minimum atomic E-state index is -0.495. The first-order valence-electron chi connectivity index (χ1n) is 7.55. The second kappa shape index (κ2) is 7.28. The fourth-order valence-electron chi connectivity index (χ4n) is 2.49. The molecule has 0 radical (unpaired) electrons. The van der Waals surface area contributed by atoms with Gasteiger partial charge in [-0.3, -0.25) is 9.59 Å². The third kappa shape index (κ3) is 3.74. The third-order valence-electron chi connectivity index (χ3n) is 3.71. The van der Waals surface area contributed by atoms with Gasteiger partial charge in [0.05, 0.1) is 17.4 Å². The number of esters is 1. The van der Waals surface area contributed by atoms with Crippen molar-refractivity contribution in [2.24, 2.45) is 0 Å². The van der Waals surface area contributed by atoms with Gasteiger partial charge in [-0.25, -0.2) is 0 Å². The minimum absolute atomic E-state index is 0.0135. The van der Waals surface area contributed by atoms with Crippen molar-refractivity contribution in [1.82, 2.24) is 0 Å². The van der Waals surface area contributed by atoms with E-state index in [4.69, 9.17) is 16.3 Å². The molecule has 0 saturated heterocycles. The number of carbonyl (C=O) groups is 2. The van der Waals surface area contributed by atoms with Crippen molar-refractivity contribution in [2.75, 3.05) is 5.32 Å². The van der Waals surface area contributed by atoms with Crippen LogP contribution >= 0.6 is 23.4 Å². The number of anilines is 1. The van der Waals surface area contributed by atoms with Gasteiger partial charge < -0.3 is 10.1 Å². The SMILES string of the molecule is C[C@H](OC(=O)C[C@H]1Sc2ccccc2NC1=O)c1ccccc1Cl. The maximum Gasteiger partial charge on any atom is 0.308 e. The lowest BCUT2D eigenvalue weighted by Crippen LogP contribution is -2.31. The first-order chi connectivity index (χ1) is 11.5. The standard InChI is InChI=1S/C18H16ClNO3S/c1-11(12-6-2-3-7-13(12)19)23-17(21)10-16-18(22)20-14-8-4-5-9-15(14)24-16/h2-9,11,16H,10H2,1H3,(H,20,22)/t11-,16+/m0/s1. The topological polar surface area (TPSA) is 55.4 Å². The van der Waals surface area contributed by atoms with Crippen LogP contribution in [0.4, 0.5) is 5.69 Å². The number of benzene rings is 2. The van der Waals surface area contributed by atoms with Crippen molar-refractivity contribution < 1.29 is 14.3 Å². The summed E-state index contributed by atoms with van der Waals surface area (Å²) in [5.74, 6) is -0.601. The Balaban J connectivity index is 1.63. The molecule has 3 rings (SSSR count). The van der Waals surface area contributed by atoms with Gasteiger partial charge in [0.2, 0.25) is 5.91 Å². The molecule has 2 aromatic carbocycles. The summed E-state index contributed by atoms with van der Waals surface area (Å²) in [4.78, 5) is 25.3. The number of carbonyl (C=O) groups excluding carboxylic acids is 2. The summed E-state index contributed by atoms with van der Waals surface area (Å²) in [7, 11) is 0. The number of halogens is 1. The first-order valence-corrected chi connectivity index (χ1v) is 8.81. The van der Waals surface area contributed by atoms with Crippen molar-refractivity contribution in [3.63, 3.8) is 0 Å². The molecule has 0 aromatic heterocycles. The molecule has 1 aliphatic heterocycles. The van der Waals surface area contributed by atoms with Gasteiger partial charge in [0.1, 0.15) is 6.10 Å². The molecule has 0 unspecified atom stereocenters. The third-order valence-corrected chi connectivity index (χ3v) is 5.33. The van der Waals surface area contributed by atoms with Gasteiger partial charge in [-0.05, 0) is 25.1 Å². The molecule has 1 aliphatic rings. The zero-order valence-corrected chi connectivity index (χ0v) is 14.6. The number of amides is 1. The fraction of sp³-hybridized carbons (Fsp3) is 0.222. The highest BCUT2D eigenvalue weighted by Crippen LogP contribution is 2.37. The van der Waals surface area contributed by atoms with Crippen molar-refractivity contribution in [3.8, 4) is 0 Å². The predicted molar refractivity (Wildman–Crippen MR) is 95.3 cm³/mol. The number of nitrogens with one attached hydrogen (secondary N) is 1. The number of fused-ring (bicyclic) bond motifs is 1. The Bertz CT molecular complexity index is 780. The largest absolute Gasteiger partial charge is 0.458 e. The summed E-state index contributed by atoms with van der Waals surface area (Å²) in [5, 5.41) is 2.88. The maximum absolute atomic E-state index is 12.2. The highest BCUT2D eigenvalue weighted by molar-refractivity contribution is 8.01. The molecular formula is C18H16ClNO3S. The summed E-state index contributed by atoms with van der Waals surface area (Å²) >= 11 is 7.49.